The van der Waals surface area contributed by atoms with Crippen molar-refractivity contribution in [2.24, 2.45) is 0 Å². The maximum Gasteiger partial charge on any atom is 0.118 e. The summed E-state index contributed by atoms with van der Waals surface area (Å²) in [6.07, 6.45) is 1.50. The summed E-state index contributed by atoms with van der Waals surface area (Å²) in [6.45, 7) is 2.20. The molecule has 4 heteroatoms. The maximum atomic E-state index is 8.82. The maximum absolute atomic E-state index is 8.82. The molecule has 0 aliphatic rings. The molecule has 0 spiro atoms. The van der Waals surface area contributed by atoms with E-state index in [4.69, 9.17) is 9.84 Å². The number of aliphatic hydroxyl groups excluding tert-OH is 1. The summed E-state index contributed by atoms with van der Waals surface area (Å²) < 4.78 is 5.14. The highest BCUT2D eigenvalue weighted by atomic mass is 16.5. The minimum atomic E-state index is 0.192. The van der Waals surface area contributed by atoms with E-state index < -0.39 is 0 Å². The summed E-state index contributed by atoms with van der Waals surface area (Å²) in [5, 5.41) is 8.82. The molecule has 2 N–H and O–H groups in total. The number of aromatic amines is 1. The lowest BCUT2D eigenvalue weighted by atomic mass is 10.1. The molecule has 0 amide bonds. The first kappa shape index (κ1) is 12.6. The number of H-pyrrole nitrogens is 1. The van der Waals surface area contributed by atoms with Crippen LogP contribution in [-0.2, 0) is 6.42 Å². The Hall–Kier alpha value is -1.81. The van der Waals surface area contributed by atoms with E-state index in [2.05, 4.69) is 9.97 Å². The molecule has 0 aliphatic carbocycles. The molecule has 96 valence electrons. The smallest absolute Gasteiger partial charge is 0.118 e. The molecule has 2 aromatic rings. The highest BCUT2D eigenvalue weighted by molar-refractivity contribution is 5.62. The van der Waals surface area contributed by atoms with Crippen LogP contribution >= 0.6 is 0 Å². The van der Waals surface area contributed by atoms with Crippen LogP contribution < -0.4 is 4.74 Å². The van der Waals surface area contributed by atoms with Gasteiger partial charge >= 0.3 is 0 Å². The number of aliphatic hydroxyl groups is 1. The van der Waals surface area contributed by atoms with Crippen molar-refractivity contribution in [3.8, 4) is 17.0 Å². The SMILES string of the molecule is COc1ccc(-c2nc(CCCO)[nH]c2C)cc1. The Labute approximate surface area is 107 Å². The van der Waals surface area contributed by atoms with Gasteiger partial charge in [0.2, 0.25) is 0 Å². The lowest BCUT2D eigenvalue weighted by Crippen LogP contribution is -1.91. The molecule has 0 saturated heterocycles. The minimum absolute atomic E-state index is 0.192. The molecule has 1 heterocycles. The Bertz CT molecular complexity index is 503. The zero-order chi connectivity index (χ0) is 13.0. The predicted octanol–water partition coefficient (Wildman–Crippen LogP) is 2.32. The molecule has 0 bridgehead atoms. The number of nitrogens with one attached hydrogen (secondary N) is 1. The average molecular weight is 246 g/mol. The molecule has 0 saturated carbocycles. The first-order chi connectivity index (χ1) is 8.74. The largest absolute Gasteiger partial charge is 0.497 e. The van der Waals surface area contributed by atoms with E-state index in [1.54, 1.807) is 7.11 Å². The number of methoxy groups -OCH3 is 1. The molecule has 1 aromatic carbocycles. The first-order valence-electron chi connectivity index (χ1n) is 6.05. The van der Waals surface area contributed by atoms with Gasteiger partial charge in [-0.1, -0.05) is 0 Å². The number of benzene rings is 1. The van der Waals surface area contributed by atoms with Crippen molar-refractivity contribution in [2.75, 3.05) is 13.7 Å². The zero-order valence-corrected chi connectivity index (χ0v) is 10.7. The van der Waals surface area contributed by atoms with Gasteiger partial charge in [-0.3, -0.25) is 0 Å². The van der Waals surface area contributed by atoms with Crippen LogP contribution in [0.25, 0.3) is 11.3 Å². The second kappa shape index (κ2) is 5.69. The van der Waals surface area contributed by atoms with Crippen LogP contribution in [0.3, 0.4) is 0 Å². The van der Waals surface area contributed by atoms with E-state index >= 15 is 0 Å². The van der Waals surface area contributed by atoms with E-state index in [1.165, 1.54) is 0 Å². The average Bonchev–Trinajstić information content (AvgIpc) is 2.78. The fourth-order valence-corrected chi connectivity index (χ4v) is 1.92. The molecule has 0 unspecified atom stereocenters. The van der Waals surface area contributed by atoms with Gasteiger partial charge in [-0.2, -0.15) is 0 Å². The van der Waals surface area contributed by atoms with Crippen molar-refractivity contribution < 1.29 is 9.84 Å². The third-order valence-corrected chi connectivity index (χ3v) is 2.87. The van der Waals surface area contributed by atoms with Gasteiger partial charge in [0, 0.05) is 24.3 Å². The molecule has 0 radical (unpaired) electrons. The number of hydrogen-bond acceptors (Lipinski definition) is 3. The van der Waals surface area contributed by atoms with Crippen LogP contribution in [-0.4, -0.2) is 28.8 Å². The Morgan fingerprint density at radius 3 is 2.61 bits per heavy atom. The van der Waals surface area contributed by atoms with Gasteiger partial charge < -0.3 is 14.8 Å². The molecule has 0 atom stereocenters. The van der Waals surface area contributed by atoms with E-state index in [0.717, 1.165) is 41.4 Å². The van der Waals surface area contributed by atoms with Crippen molar-refractivity contribution >= 4 is 0 Å². The molecular weight excluding hydrogens is 228 g/mol. The summed E-state index contributed by atoms with van der Waals surface area (Å²) in [7, 11) is 1.65. The summed E-state index contributed by atoms with van der Waals surface area (Å²) in [5.74, 6) is 1.76. The highest BCUT2D eigenvalue weighted by Crippen LogP contribution is 2.23. The summed E-state index contributed by atoms with van der Waals surface area (Å²) >= 11 is 0. The molecular formula is C14H18N2O2. The summed E-state index contributed by atoms with van der Waals surface area (Å²) in [4.78, 5) is 7.82. The van der Waals surface area contributed by atoms with Gasteiger partial charge in [-0.05, 0) is 37.6 Å². The quantitative estimate of drug-likeness (QED) is 0.851. The second-order valence-electron chi connectivity index (χ2n) is 4.21. The van der Waals surface area contributed by atoms with Gasteiger partial charge in [0.1, 0.15) is 11.6 Å². The lowest BCUT2D eigenvalue weighted by molar-refractivity contribution is 0.287. The number of rotatable bonds is 5. The van der Waals surface area contributed by atoms with Gasteiger partial charge in [-0.15, -0.1) is 0 Å². The van der Waals surface area contributed by atoms with E-state index in [9.17, 15) is 0 Å². The molecule has 4 nitrogen and oxygen atoms in total. The van der Waals surface area contributed by atoms with Crippen LogP contribution in [0.5, 0.6) is 5.75 Å². The highest BCUT2D eigenvalue weighted by Gasteiger charge is 2.08. The monoisotopic (exact) mass is 246 g/mol. The third-order valence-electron chi connectivity index (χ3n) is 2.87. The van der Waals surface area contributed by atoms with Gasteiger partial charge in [-0.25, -0.2) is 4.98 Å². The standard InChI is InChI=1S/C14H18N2O2/c1-10-14(16-13(15-10)4-3-9-17)11-5-7-12(18-2)8-6-11/h5-8,17H,3-4,9H2,1-2H3,(H,15,16). The fourth-order valence-electron chi connectivity index (χ4n) is 1.92. The van der Waals surface area contributed by atoms with Crippen LogP contribution in [0, 0.1) is 6.92 Å². The molecule has 18 heavy (non-hydrogen) atoms. The van der Waals surface area contributed by atoms with Crippen LogP contribution in [0.4, 0.5) is 0 Å². The molecule has 1 aromatic heterocycles. The number of aryl methyl sites for hydroxylation is 2. The van der Waals surface area contributed by atoms with Crippen molar-refractivity contribution in [2.45, 2.75) is 19.8 Å². The van der Waals surface area contributed by atoms with Crippen molar-refractivity contribution in [3.63, 3.8) is 0 Å². The normalized spacial score (nSPS) is 10.6. The number of imidazole rings is 1. The van der Waals surface area contributed by atoms with Crippen LogP contribution in [0.1, 0.15) is 17.9 Å². The van der Waals surface area contributed by atoms with Crippen molar-refractivity contribution in [1.82, 2.24) is 9.97 Å². The molecule has 2 rings (SSSR count). The third kappa shape index (κ3) is 2.71. The topological polar surface area (TPSA) is 58.1 Å². The predicted molar refractivity (Wildman–Crippen MR) is 70.7 cm³/mol. The van der Waals surface area contributed by atoms with Crippen molar-refractivity contribution in [3.05, 3.63) is 35.8 Å². The minimum Gasteiger partial charge on any atom is -0.497 e. The Kier molecular flexibility index (Phi) is 3.99. The first-order valence-corrected chi connectivity index (χ1v) is 6.05. The lowest BCUT2D eigenvalue weighted by Gasteiger charge is -2.01. The van der Waals surface area contributed by atoms with Gasteiger partial charge in [0.05, 0.1) is 12.8 Å². The molecule has 0 aliphatic heterocycles. The number of nitrogens with zero attached hydrogens (tertiary/aromatic N) is 1. The van der Waals surface area contributed by atoms with Crippen LogP contribution in [0.15, 0.2) is 24.3 Å². The number of aromatic nitrogens is 2. The number of ether oxygens (including phenoxy) is 1. The zero-order valence-electron chi connectivity index (χ0n) is 10.7. The Morgan fingerprint density at radius 1 is 1.28 bits per heavy atom. The van der Waals surface area contributed by atoms with E-state index in [-0.39, 0.29) is 6.61 Å². The summed E-state index contributed by atoms with van der Waals surface area (Å²) in [5.41, 5.74) is 3.08. The molecule has 0 fully saturated rings. The summed E-state index contributed by atoms with van der Waals surface area (Å²) in [6, 6.07) is 7.85. The van der Waals surface area contributed by atoms with Gasteiger partial charge in [0.25, 0.3) is 0 Å². The second-order valence-corrected chi connectivity index (χ2v) is 4.21. The van der Waals surface area contributed by atoms with E-state index in [0.29, 0.717) is 0 Å². The van der Waals surface area contributed by atoms with Crippen molar-refractivity contribution in [1.29, 1.82) is 0 Å². The van der Waals surface area contributed by atoms with E-state index in [1.807, 2.05) is 31.2 Å². The Morgan fingerprint density at radius 2 is 2.00 bits per heavy atom. The van der Waals surface area contributed by atoms with Gasteiger partial charge in [0.15, 0.2) is 0 Å². The number of hydrogen-bond donors (Lipinski definition) is 2. The van der Waals surface area contributed by atoms with Crippen LogP contribution in [0.2, 0.25) is 0 Å². The fraction of sp³-hybridized carbons (Fsp3) is 0.357. The Balaban J connectivity index is 2.23.